The number of aliphatic imine (C=N–C) groups is 1. The van der Waals surface area contributed by atoms with Crippen molar-refractivity contribution >= 4 is 39.8 Å². The van der Waals surface area contributed by atoms with Gasteiger partial charge in [0.2, 0.25) is 0 Å². The van der Waals surface area contributed by atoms with Crippen LogP contribution in [0.4, 0.5) is 10.8 Å². The molecule has 9 heteroatoms. The van der Waals surface area contributed by atoms with E-state index in [1.54, 1.807) is 26.2 Å². The van der Waals surface area contributed by atoms with Crippen LogP contribution < -0.4 is 5.32 Å². The Balaban J connectivity index is 1.69. The Bertz CT molecular complexity index is 1280. The number of methoxy groups -OCH3 is 2. The summed E-state index contributed by atoms with van der Waals surface area (Å²) in [6.45, 7) is 3.51. The van der Waals surface area contributed by atoms with Gasteiger partial charge in [-0.05, 0) is 43.7 Å². The van der Waals surface area contributed by atoms with Gasteiger partial charge in [-0.2, -0.15) is 0 Å². The summed E-state index contributed by atoms with van der Waals surface area (Å²) in [4.78, 5) is 38.7. The lowest BCUT2D eigenvalue weighted by atomic mass is 9.75. The molecule has 1 aliphatic rings. The van der Waals surface area contributed by atoms with Crippen molar-refractivity contribution in [2.75, 3.05) is 19.5 Å². The van der Waals surface area contributed by atoms with Crippen LogP contribution in [-0.2, 0) is 19.1 Å². The van der Waals surface area contributed by atoms with Crippen molar-refractivity contribution in [3.8, 4) is 11.3 Å². The van der Waals surface area contributed by atoms with Crippen molar-refractivity contribution in [2.24, 2.45) is 10.9 Å². The van der Waals surface area contributed by atoms with Crippen LogP contribution in [0.2, 0.25) is 0 Å². The lowest BCUT2D eigenvalue weighted by molar-refractivity contribution is -0.143. The maximum Gasteiger partial charge on any atom is 0.336 e. The number of hydrogen-bond donors (Lipinski definition) is 1. The number of allylic oxidation sites excluding steroid dienone is 1. The zero-order valence-electron chi connectivity index (χ0n) is 19.2. The Hall–Kier alpha value is -3.85. The van der Waals surface area contributed by atoms with Crippen LogP contribution in [0.1, 0.15) is 25.3 Å². The molecule has 3 aromatic rings. The van der Waals surface area contributed by atoms with E-state index in [4.69, 9.17) is 9.47 Å². The number of pyridine rings is 1. The fraction of sp³-hybridized carbons (Fsp3) is 0.240. The molecule has 1 N–H and O–H groups in total. The molecule has 8 nitrogen and oxygen atoms in total. The number of benzene rings is 1. The van der Waals surface area contributed by atoms with Gasteiger partial charge < -0.3 is 14.8 Å². The SMILES string of the molecule is COC(=O)C1=C(C)N=C(C)C(C(=O)OC)C1c1cccc(Nc2nc(-c3cccnc3)cs2)c1. The predicted octanol–water partition coefficient (Wildman–Crippen LogP) is 4.74. The van der Waals surface area contributed by atoms with Gasteiger partial charge in [0.05, 0.1) is 25.5 Å². The Kier molecular flexibility index (Phi) is 6.83. The number of rotatable bonds is 6. The van der Waals surface area contributed by atoms with E-state index >= 15 is 0 Å². The summed E-state index contributed by atoms with van der Waals surface area (Å²) < 4.78 is 10.1. The third-order valence-electron chi connectivity index (χ3n) is 5.65. The van der Waals surface area contributed by atoms with Gasteiger partial charge in [-0.15, -0.1) is 11.3 Å². The van der Waals surface area contributed by atoms with Crippen molar-refractivity contribution in [3.63, 3.8) is 0 Å². The summed E-state index contributed by atoms with van der Waals surface area (Å²) in [6, 6.07) is 11.4. The van der Waals surface area contributed by atoms with Crippen molar-refractivity contribution in [3.05, 3.63) is 71.0 Å². The summed E-state index contributed by atoms with van der Waals surface area (Å²) in [7, 11) is 2.65. The number of esters is 2. The van der Waals surface area contributed by atoms with Gasteiger partial charge in [-0.25, -0.2) is 9.78 Å². The lowest BCUT2D eigenvalue weighted by Gasteiger charge is -2.31. The molecule has 0 aliphatic carbocycles. The van der Waals surface area contributed by atoms with Crippen molar-refractivity contribution < 1.29 is 19.1 Å². The van der Waals surface area contributed by atoms with Crippen molar-refractivity contribution in [2.45, 2.75) is 19.8 Å². The van der Waals surface area contributed by atoms with Gasteiger partial charge in [0.15, 0.2) is 5.13 Å². The van der Waals surface area contributed by atoms with Crippen LogP contribution >= 0.6 is 11.3 Å². The first kappa shape index (κ1) is 23.3. The molecule has 0 spiro atoms. The molecule has 0 saturated carbocycles. The van der Waals surface area contributed by atoms with Crippen LogP contribution in [0.15, 0.2) is 70.4 Å². The number of nitrogens with one attached hydrogen (secondary N) is 1. The lowest BCUT2D eigenvalue weighted by Crippen LogP contribution is -2.36. The minimum Gasteiger partial charge on any atom is -0.468 e. The second-order valence-corrected chi connectivity index (χ2v) is 8.61. The molecule has 0 bridgehead atoms. The van der Waals surface area contributed by atoms with E-state index in [-0.39, 0.29) is 0 Å². The number of nitrogens with zero attached hydrogens (tertiary/aromatic N) is 3. The van der Waals surface area contributed by atoms with Crippen molar-refractivity contribution in [1.29, 1.82) is 0 Å². The minimum absolute atomic E-state index is 0.341. The molecule has 1 aromatic carbocycles. The quantitative estimate of drug-likeness (QED) is 0.513. The van der Waals surface area contributed by atoms with Gasteiger partial charge in [0.25, 0.3) is 0 Å². The number of carbonyl (C=O) groups is 2. The predicted molar refractivity (Wildman–Crippen MR) is 131 cm³/mol. The van der Waals surface area contributed by atoms with E-state index in [0.717, 1.165) is 22.5 Å². The number of anilines is 2. The number of carbonyl (C=O) groups excluding carboxylic acids is 2. The first-order valence-corrected chi connectivity index (χ1v) is 11.5. The number of aromatic nitrogens is 2. The number of hydrogen-bond acceptors (Lipinski definition) is 9. The maximum atomic E-state index is 12.7. The molecular formula is C25H24N4O4S. The highest BCUT2D eigenvalue weighted by atomic mass is 32.1. The van der Waals surface area contributed by atoms with Crippen LogP contribution in [0.5, 0.6) is 0 Å². The average Bonchev–Trinajstić information content (AvgIpc) is 3.32. The van der Waals surface area contributed by atoms with E-state index in [9.17, 15) is 9.59 Å². The number of ether oxygens (including phenoxy) is 2. The highest BCUT2D eigenvalue weighted by Gasteiger charge is 2.42. The fourth-order valence-corrected chi connectivity index (χ4v) is 4.86. The first-order valence-electron chi connectivity index (χ1n) is 10.6. The molecule has 0 radical (unpaired) electrons. The van der Waals surface area contributed by atoms with Gasteiger partial charge >= 0.3 is 11.9 Å². The third kappa shape index (κ3) is 4.60. The monoisotopic (exact) mass is 476 g/mol. The second-order valence-electron chi connectivity index (χ2n) is 7.75. The molecule has 34 heavy (non-hydrogen) atoms. The zero-order chi connectivity index (χ0) is 24.2. The second kappa shape index (κ2) is 9.96. The molecule has 0 saturated heterocycles. The molecule has 2 unspecified atom stereocenters. The largest absolute Gasteiger partial charge is 0.468 e. The molecule has 0 fully saturated rings. The summed E-state index contributed by atoms with van der Waals surface area (Å²) in [5, 5.41) is 5.99. The Morgan fingerprint density at radius 1 is 1.09 bits per heavy atom. The summed E-state index contributed by atoms with van der Waals surface area (Å²) in [6.07, 6.45) is 3.49. The molecule has 3 heterocycles. The van der Waals surface area contributed by atoms with Crippen LogP contribution in [0.25, 0.3) is 11.3 Å². The molecule has 2 atom stereocenters. The normalized spacial score (nSPS) is 17.7. The topological polar surface area (TPSA) is 103 Å². The number of thiazole rings is 1. The molecule has 2 aromatic heterocycles. The Labute approximate surface area is 201 Å². The van der Waals surface area contributed by atoms with Crippen LogP contribution in [-0.4, -0.2) is 41.8 Å². The molecule has 0 amide bonds. The summed E-state index contributed by atoms with van der Waals surface area (Å²) in [5.74, 6) is -2.32. The summed E-state index contributed by atoms with van der Waals surface area (Å²) in [5.41, 5.74) is 4.74. The highest BCUT2D eigenvalue weighted by molar-refractivity contribution is 7.14. The third-order valence-corrected chi connectivity index (χ3v) is 6.40. The van der Waals surface area contributed by atoms with Crippen LogP contribution in [0.3, 0.4) is 0 Å². The summed E-state index contributed by atoms with van der Waals surface area (Å²) >= 11 is 1.47. The minimum atomic E-state index is -0.741. The molecular weight excluding hydrogens is 452 g/mol. The van der Waals surface area contributed by atoms with Gasteiger partial charge in [0, 0.05) is 46.4 Å². The van der Waals surface area contributed by atoms with E-state index < -0.39 is 23.8 Å². The van der Waals surface area contributed by atoms with E-state index in [1.165, 1.54) is 25.6 Å². The van der Waals surface area contributed by atoms with E-state index in [0.29, 0.717) is 22.1 Å². The first-order chi connectivity index (χ1) is 16.4. The standard InChI is InChI=1S/C25H24N4O4S/c1-14-20(23(30)32-3)22(21(15(2)27-14)24(31)33-4)16-7-5-9-18(11-16)28-25-29-19(13-34-25)17-8-6-10-26-12-17/h5-13,20,22H,1-4H3,(H,28,29). The smallest absolute Gasteiger partial charge is 0.336 e. The highest BCUT2D eigenvalue weighted by Crippen LogP contribution is 2.41. The molecule has 1 aliphatic heterocycles. The average molecular weight is 477 g/mol. The van der Waals surface area contributed by atoms with Gasteiger partial charge in [-0.1, -0.05) is 12.1 Å². The fourth-order valence-electron chi connectivity index (χ4n) is 4.12. The molecule has 4 rings (SSSR count). The van der Waals surface area contributed by atoms with Gasteiger partial charge in [-0.3, -0.25) is 14.8 Å². The Morgan fingerprint density at radius 3 is 2.62 bits per heavy atom. The van der Waals surface area contributed by atoms with Gasteiger partial charge in [0.1, 0.15) is 5.92 Å². The van der Waals surface area contributed by atoms with E-state index in [1.807, 2.05) is 41.8 Å². The van der Waals surface area contributed by atoms with Crippen molar-refractivity contribution in [1.82, 2.24) is 9.97 Å². The zero-order valence-corrected chi connectivity index (χ0v) is 20.1. The maximum absolute atomic E-state index is 12.7. The van der Waals surface area contributed by atoms with E-state index in [2.05, 4.69) is 20.3 Å². The Morgan fingerprint density at radius 2 is 1.91 bits per heavy atom. The molecule has 174 valence electrons. The van der Waals surface area contributed by atoms with Crippen LogP contribution in [0, 0.1) is 5.92 Å².